The van der Waals surface area contributed by atoms with E-state index in [1.165, 1.54) is 11.3 Å². The van der Waals surface area contributed by atoms with Crippen molar-refractivity contribution in [3.05, 3.63) is 35.6 Å². The standard InChI is InChI=1S/C12H14N4OS/c1-2-4-13-9-3-5-14-10(8-9)11(17)16-12-15-6-7-18-12/h3,5-8H,2,4H2,1H3,(H,13,14)(H,15,16,17). The number of thiazole rings is 1. The van der Waals surface area contributed by atoms with Crippen LogP contribution in [0.5, 0.6) is 0 Å². The van der Waals surface area contributed by atoms with E-state index in [9.17, 15) is 4.79 Å². The van der Waals surface area contributed by atoms with Gasteiger partial charge in [-0.2, -0.15) is 0 Å². The summed E-state index contributed by atoms with van der Waals surface area (Å²) in [4.78, 5) is 20.0. The molecule has 0 atom stereocenters. The molecule has 2 N–H and O–H groups in total. The summed E-state index contributed by atoms with van der Waals surface area (Å²) in [6, 6.07) is 3.58. The molecule has 0 unspecified atom stereocenters. The summed E-state index contributed by atoms with van der Waals surface area (Å²) in [5, 5.41) is 8.30. The van der Waals surface area contributed by atoms with Crippen LogP contribution in [0.1, 0.15) is 23.8 Å². The molecule has 2 heterocycles. The van der Waals surface area contributed by atoms with Crippen LogP contribution in [0.2, 0.25) is 0 Å². The molecule has 0 aliphatic heterocycles. The van der Waals surface area contributed by atoms with Crippen molar-refractivity contribution >= 4 is 28.1 Å². The van der Waals surface area contributed by atoms with Gasteiger partial charge in [-0.15, -0.1) is 11.3 Å². The summed E-state index contributed by atoms with van der Waals surface area (Å²) in [5.41, 5.74) is 1.28. The number of hydrogen-bond donors (Lipinski definition) is 2. The summed E-state index contributed by atoms with van der Waals surface area (Å²) in [6.45, 7) is 2.96. The Kier molecular flexibility index (Phi) is 4.25. The number of rotatable bonds is 5. The summed E-state index contributed by atoms with van der Waals surface area (Å²) < 4.78 is 0. The Hall–Kier alpha value is -1.95. The number of nitrogens with one attached hydrogen (secondary N) is 2. The minimum absolute atomic E-state index is 0.245. The van der Waals surface area contributed by atoms with Gasteiger partial charge in [-0.25, -0.2) is 4.98 Å². The second-order valence-corrected chi connectivity index (χ2v) is 4.54. The Morgan fingerprint density at radius 1 is 1.39 bits per heavy atom. The monoisotopic (exact) mass is 262 g/mol. The SMILES string of the molecule is CCCNc1ccnc(C(=O)Nc2nccs2)c1. The Morgan fingerprint density at radius 3 is 3.00 bits per heavy atom. The number of aromatic nitrogens is 2. The Bertz CT molecular complexity index is 513. The molecular weight excluding hydrogens is 248 g/mol. The minimum Gasteiger partial charge on any atom is -0.385 e. The van der Waals surface area contributed by atoms with Crippen molar-refractivity contribution in [2.24, 2.45) is 0 Å². The molecular formula is C12H14N4OS. The molecule has 0 aliphatic carbocycles. The molecule has 1 amide bonds. The van der Waals surface area contributed by atoms with Gasteiger partial charge in [-0.1, -0.05) is 6.92 Å². The number of carbonyl (C=O) groups excluding carboxylic acids is 1. The van der Waals surface area contributed by atoms with Gasteiger partial charge in [0.25, 0.3) is 5.91 Å². The molecule has 2 rings (SSSR count). The zero-order chi connectivity index (χ0) is 12.8. The molecule has 2 aromatic rings. The van der Waals surface area contributed by atoms with Gasteiger partial charge in [0.05, 0.1) is 0 Å². The second-order valence-electron chi connectivity index (χ2n) is 3.65. The first-order chi connectivity index (χ1) is 8.79. The molecule has 5 nitrogen and oxygen atoms in total. The average molecular weight is 262 g/mol. The Balaban J connectivity index is 2.05. The van der Waals surface area contributed by atoms with Crippen molar-refractivity contribution in [2.75, 3.05) is 17.2 Å². The van der Waals surface area contributed by atoms with Gasteiger partial charge < -0.3 is 5.32 Å². The number of pyridine rings is 1. The molecule has 0 aromatic carbocycles. The Morgan fingerprint density at radius 2 is 2.28 bits per heavy atom. The fraction of sp³-hybridized carbons (Fsp3) is 0.250. The lowest BCUT2D eigenvalue weighted by Gasteiger charge is -2.06. The molecule has 0 aliphatic rings. The number of anilines is 2. The van der Waals surface area contributed by atoms with Crippen LogP contribution in [0, 0.1) is 0 Å². The third-order valence-electron chi connectivity index (χ3n) is 2.22. The predicted molar refractivity (Wildman–Crippen MR) is 73.1 cm³/mol. The van der Waals surface area contributed by atoms with E-state index in [0.717, 1.165) is 18.7 Å². The normalized spacial score (nSPS) is 10.1. The summed E-state index contributed by atoms with van der Waals surface area (Å²) in [6.07, 6.45) is 4.30. The average Bonchev–Trinajstić information content (AvgIpc) is 2.89. The molecule has 0 saturated carbocycles. The van der Waals surface area contributed by atoms with Crippen molar-refractivity contribution in [1.82, 2.24) is 9.97 Å². The van der Waals surface area contributed by atoms with Crippen LogP contribution < -0.4 is 10.6 Å². The summed E-state index contributed by atoms with van der Waals surface area (Å²) >= 11 is 1.38. The molecule has 0 spiro atoms. The van der Waals surface area contributed by atoms with Crippen molar-refractivity contribution in [2.45, 2.75) is 13.3 Å². The second kappa shape index (κ2) is 6.11. The molecule has 6 heteroatoms. The van der Waals surface area contributed by atoms with Crippen molar-refractivity contribution in [1.29, 1.82) is 0 Å². The maximum Gasteiger partial charge on any atom is 0.276 e. The highest BCUT2D eigenvalue weighted by atomic mass is 32.1. The highest BCUT2D eigenvalue weighted by molar-refractivity contribution is 7.13. The molecule has 0 bridgehead atoms. The highest BCUT2D eigenvalue weighted by Gasteiger charge is 2.09. The predicted octanol–water partition coefficient (Wildman–Crippen LogP) is 2.61. The van der Waals surface area contributed by atoms with E-state index in [4.69, 9.17) is 0 Å². The van der Waals surface area contributed by atoms with Gasteiger partial charge in [0.2, 0.25) is 0 Å². The quantitative estimate of drug-likeness (QED) is 0.869. The zero-order valence-electron chi connectivity index (χ0n) is 10.0. The fourth-order valence-corrected chi connectivity index (χ4v) is 1.90. The summed E-state index contributed by atoms with van der Waals surface area (Å²) in [7, 11) is 0. The molecule has 0 saturated heterocycles. The lowest BCUT2D eigenvalue weighted by Crippen LogP contribution is -2.14. The van der Waals surface area contributed by atoms with Gasteiger partial charge in [0.1, 0.15) is 5.69 Å². The molecule has 2 aromatic heterocycles. The van der Waals surface area contributed by atoms with E-state index >= 15 is 0 Å². The largest absolute Gasteiger partial charge is 0.385 e. The molecule has 0 radical (unpaired) electrons. The number of hydrogen-bond acceptors (Lipinski definition) is 5. The van der Waals surface area contributed by atoms with Crippen LogP contribution in [0.3, 0.4) is 0 Å². The van der Waals surface area contributed by atoms with E-state index in [2.05, 4.69) is 27.5 Å². The molecule has 18 heavy (non-hydrogen) atoms. The maximum atomic E-state index is 11.9. The first kappa shape index (κ1) is 12.5. The van der Waals surface area contributed by atoms with Crippen LogP contribution in [0.4, 0.5) is 10.8 Å². The topological polar surface area (TPSA) is 66.9 Å². The lowest BCUT2D eigenvalue weighted by molar-refractivity contribution is 0.102. The van der Waals surface area contributed by atoms with E-state index < -0.39 is 0 Å². The Labute approximate surface area is 109 Å². The van der Waals surface area contributed by atoms with Crippen molar-refractivity contribution in [3.63, 3.8) is 0 Å². The van der Waals surface area contributed by atoms with E-state index in [0.29, 0.717) is 10.8 Å². The molecule has 0 fully saturated rings. The van der Waals surface area contributed by atoms with Crippen LogP contribution in [0.25, 0.3) is 0 Å². The van der Waals surface area contributed by atoms with Gasteiger partial charge >= 0.3 is 0 Å². The first-order valence-electron chi connectivity index (χ1n) is 5.70. The third kappa shape index (κ3) is 3.27. The van der Waals surface area contributed by atoms with E-state index in [1.807, 2.05) is 11.4 Å². The fourth-order valence-electron chi connectivity index (χ4n) is 1.38. The molecule has 94 valence electrons. The number of nitrogens with zero attached hydrogens (tertiary/aromatic N) is 2. The number of amides is 1. The minimum atomic E-state index is -0.245. The lowest BCUT2D eigenvalue weighted by atomic mass is 10.3. The van der Waals surface area contributed by atoms with Crippen LogP contribution >= 0.6 is 11.3 Å². The first-order valence-corrected chi connectivity index (χ1v) is 6.58. The summed E-state index contributed by atoms with van der Waals surface area (Å²) in [5.74, 6) is -0.245. The maximum absolute atomic E-state index is 11.9. The number of carbonyl (C=O) groups is 1. The zero-order valence-corrected chi connectivity index (χ0v) is 10.8. The van der Waals surface area contributed by atoms with E-state index in [1.54, 1.807) is 18.5 Å². The van der Waals surface area contributed by atoms with Gasteiger partial charge in [0, 0.05) is 30.0 Å². The van der Waals surface area contributed by atoms with E-state index in [-0.39, 0.29) is 5.91 Å². The highest BCUT2D eigenvalue weighted by Crippen LogP contribution is 2.13. The smallest absolute Gasteiger partial charge is 0.276 e. The van der Waals surface area contributed by atoms with Crippen LogP contribution in [0.15, 0.2) is 29.9 Å². The third-order valence-corrected chi connectivity index (χ3v) is 2.91. The van der Waals surface area contributed by atoms with Crippen molar-refractivity contribution < 1.29 is 4.79 Å². The van der Waals surface area contributed by atoms with Gasteiger partial charge in [0.15, 0.2) is 5.13 Å². The van der Waals surface area contributed by atoms with Gasteiger partial charge in [-0.3, -0.25) is 15.1 Å². The van der Waals surface area contributed by atoms with Crippen LogP contribution in [-0.2, 0) is 0 Å². The van der Waals surface area contributed by atoms with Gasteiger partial charge in [-0.05, 0) is 18.6 Å². The van der Waals surface area contributed by atoms with Crippen molar-refractivity contribution in [3.8, 4) is 0 Å². The van der Waals surface area contributed by atoms with Crippen LogP contribution in [-0.4, -0.2) is 22.4 Å².